The van der Waals surface area contributed by atoms with Crippen molar-refractivity contribution in [1.29, 1.82) is 0 Å². The first-order valence-electron chi connectivity index (χ1n) is 5.71. The van der Waals surface area contributed by atoms with E-state index < -0.39 is 6.04 Å². The van der Waals surface area contributed by atoms with Crippen LogP contribution in [0.4, 0.5) is 15.8 Å². The quantitative estimate of drug-likeness (QED) is 0.729. The number of carbonyl (C=O) groups excluding carboxylic acids is 1. The van der Waals surface area contributed by atoms with Gasteiger partial charge in [0.2, 0.25) is 5.91 Å². The molecular formula is C12H16FN3O. The zero-order valence-electron chi connectivity index (χ0n) is 9.72. The minimum absolute atomic E-state index is 0.231. The Balaban J connectivity index is 2.32. The molecule has 1 aliphatic rings. The van der Waals surface area contributed by atoms with Crippen LogP contribution in [-0.4, -0.2) is 18.5 Å². The van der Waals surface area contributed by atoms with E-state index in [0.29, 0.717) is 23.4 Å². The molecule has 0 radical (unpaired) electrons. The van der Waals surface area contributed by atoms with Crippen molar-refractivity contribution in [2.75, 3.05) is 17.2 Å². The molecule has 5 heteroatoms. The number of halogens is 1. The summed E-state index contributed by atoms with van der Waals surface area (Å²) in [4.78, 5) is 11.5. The molecule has 0 unspecified atom stereocenters. The molecule has 4 nitrogen and oxygen atoms in total. The van der Waals surface area contributed by atoms with Gasteiger partial charge < -0.3 is 16.4 Å². The lowest BCUT2D eigenvalue weighted by Crippen LogP contribution is -2.33. The molecule has 17 heavy (non-hydrogen) atoms. The molecule has 1 atom stereocenters. The molecule has 0 saturated heterocycles. The van der Waals surface area contributed by atoms with E-state index in [-0.39, 0.29) is 11.7 Å². The number of rotatable bonds is 2. The van der Waals surface area contributed by atoms with Gasteiger partial charge in [0.15, 0.2) is 0 Å². The zero-order chi connectivity index (χ0) is 12.4. The molecule has 0 spiro atoms. The molecule has 1 aromatic carbocycles. The van der Waals surface area contributed by atoms with Crippen LogP contribution in [0.5, 0.6) is 0 Å². The fraction of sp³-hybridized carbons (Fsp3) is 0.417. The molecule has 1 amide bonds. The number of nitrogens with two attached hydrogens (primary N) is 1. The van der Waals surface area contributed by atoms with Gasteiger partial charge in [-0.2, -0.15) is 0 Å². The number of fused-ring (bicyclic) bond motifs is 1. The first kappa shape index (κ1) is 11.9. The average Bonchev–Trinajstić information content (AvgIpc) is 2.33. The Morgan fingerprint density at radius 2 is 2.35 bits per heavy atom. The van der Waals surface area contributed by atoms with E-state index in [9.17, 15) is 9.18 Å². The third-order valence-corrected chi connectivity index (χ3v) is 2.83. The molecule has 1 heterocycles. The van der Waals surface area contributed by atoms with Gasteiger partial charge in [0.05, 0.1) is 17.4 Å². The van der Waals surface area contributed by atoms with E-state index in [4.69, 9.17) is 5.73 Å². The summed E-state index contributed by atoms with van der Waals surface area (Å²) in [5, 5.41) is 5.82. The zero-order valence-corrected chi connectivity index (χ0v) is 9.72. The van der Waals surface area contributed by atoms with E-state index in [0.717, 1.165) is 13.0 Å². The molecule has 0 aromatic heterocycles. The maximum atomic E-state index is 13.6. The molecule has 0 bridgehead atoms. The molecule has 0 fully saturated rings. The molecule has 2 rings (SSSR count). The molecular weight excluding hydrogens is 221 g/mol. The van der Waals surface area contributed by atoms with Crippen molar-refractivity contribution in [2.45, 2.75) is 25.8 Å². The highest BCUT2D eigenvalue weighted by molar-refractivity contribution is 5.97. The summed E-state index contributed by atoms with van der Waals surface area (Å²) in [5.41, 5.74) is 7.41. The topological polar surface area (TPSA) is 67.2 Å². The first-order chi connectivity index (χ1) is 8.09. The van der Waals surface area contributed by atoms with Gasteiger partial charge in [0.25, 0.3) is 0 Å². The van der Waals surface area contributed by atoms with Crippen molar-refractivity contribution in [3.8, 4) is 0 Å². The molecule has 0 saturated carbocycles. The van der Waals surface area contributed by atoms with Crippen LogP contribution in [0.25, 0.3) is 0 Å². The Hall–Kier alpha value is -1.62. The third kappa shape index (κ3) is 2.39. The van der Waals surface area contributed by atoms with E-state index in [1.165, 1.54) is 6.07 Å². The average molecular weight is 237 g/mol. The summed E-state index contributed by atoms with van der Waals surface area (Å²) in [6.07, 6.45) is 1.59. The Morgan fingerprint density at radius 3 is 3.06 bits per heavy atom. The van der Waals surface area contributed by atoms with Crippen molar-refractivity contribution in [2.24, 2.45) is 5.73 Å². The number of carbonyl (C=O) groups is 1. The van der Waals surface area contributed by atoms with Crippen LogP contribution in [-0.2, 0) is 11.2 Å². The van der Waals surface area contributed by atoms with Gasteiger partial charge in [-0.15, -0.1) is 0 Å². The molecule has 1 aliphatic heterocycles. The van der Waals surface area contributed by atoms with Gasteiger partial charge in [0, 0.05) is 12.1 Å². The Morgan fingerprint density at radius 1 is 1.59 bits per heavy atom. The Bertz CT molecular complexity index is 446. The fourth-order valence-electron chi connectivity index (χ4n) is 1.90. The Kier molecular flexibility index (Phi) is 3.28. The van der Waals surface area contributed by atoms with Gasteiger partial charge in [-0.25, -0.2) is 4.39 Å². The van der Waals surface area contributed by atoms with E-state index in [1.54, 1.807) is 13.0 Å². The summed E-state index contributed by atoms with van der Waals surface area (Å²) in [5.74, 6) is -0.503. The van der Waals surface area contributed by atoms with Crippen LogP contribution in [0.15, 0.2) is 12.1 Å². The first-order valence-corrected chi connectivity index (χ1v) is 5.71. The fourth-order valence-corrected chi connectivity index (χ4v) is 1.90. The van der Waals surface area contributed by atoms with Crippen molar-refractivity contribution in [3.05, 3.63) is 23.5 Å². The number of nitrogens with one attached hydrogen (secondary N) is 2. The lowest BCUT2D eigenvalue weighted by atomic mass is 10.0. The van der Waals surface area contributed by atoms with Crippen LogP contribution in [0.1, 0.15) is 18.9 Å². The van der Waals surface area contributed by atoms with Gasteiger partial charge in [-0.05, 0) is 31.9 Å². The van der Waals surface area contributed by atoms with Gasteiger partial charge in [-0.3, -0.25) is 4.79 Å². The highest BCUT2D eigenvalue weighted by Crippen LogP contribution is 2.32. The highest BCUT2D eigenvalue weighted by Gasteiger charge is 2.18. The Labute approximate surface area is 99.4 Å². The summed E-state index contributed by atoms with van der Waals surface area (Å²) in [6, 6.07) is 2.36. The second-order valence-corrected chi connectivity index (χ2v) is 4.26. The van der Waals surface area contributed by atoms with Crippen LogP contribution >= 0.6 is 0 Å². The van der Waals surface area contributed by atoms with E-state index in [1.807, 2.05) is 0 Å². The van der Waals surface area contributed by atoms with Crippen molar-refractivity contribution in [1.82, 2.24) is 0 Å². The predicted octanol–water partition coefficient (Wildman–Crippen LogP) is 1.47. The standard InChI is InChI=1S/C12H16FN3O/c1-7(14)12(17)16-10-5-4-9(13)8-3-2-6-15-11(8)10/h4-5,7,15H,2-3,6,14H2,1H3,(H,16,17)/t7-/m0/s1. The largest absolute Gasteiger partial charge is 0.383 e. The van der Waals surface area contributed by atoms with Gasteiger partial charge in [-0.1, -0.05) is 0 Å². The normalized spacial score (nSPS) is 15.7. The number of benzene rings is 1. The van der Waals surface area contributed by atoms with Crippen molar-refractivity contribution >= 4 is 17.3 Å². The van der Waals surface area contributed by atoms with Crippen LogP contribution in [0.3, 0.4) is 0 Å². The number of hydrogen-bond acceptors (Lipinski definition) is 3. The lowest BCUT2D eigenvalue weighted by molar-refractivity contribution is -0.117. The molecule has 4 N–H and O–H groups in total. The summed E-state index contributed by atoms with van der Waals surface area (Å²) in [7, 11) is 0. The summed E-state index contributed by atoms with van der Waals surface area (Å²) < 4.78 is 13.6. The molecule has 0 aliphatic carbocycles. The molecule has 1 aromatic rings. The summed E-state index contributed by atoms with van der Waals surface area (Å²) >= 11 is 0. The maximum absolute atomic E-state index is 13.6. The number of hydrogen-bond donors (Lipinski definition) is 3. The van der Waals surface area contributed by atoms with Crippen LogP contribution < -0.4 is 16.4 Å². The second-order valence-electron chi connectivity index (χ2n) is 4.26. The number of amides is 1. The van der Waals surface area contributed by atoms with Gasteiger partial charge >= 0.3 is 0 Å². The van der Waals surface area contributed by atoms with Crippen LogP contribution in [0, 0.1) is 5.82 Å². The highest BCUT2D eigenvalue weighted by atomic mass is 19.1. The SMILES string of the molecule is C[C@H](N)C(=O)Nc1ccc(F)c2c1NCCC2. The predicted molar refractivity (Wildman–Crippen MR) is 65.5 cm³/mol. The lowest BCUT2D eigenvalue weighted by Gasteiger charge is -2.22. The van der Waals surface area contributed by atoms with Crippen molar-refractivity contribution in [3.63, 3.8) is 0 Å². The van der Waals surface area contributed by atoms with Crippen molar-refractivity contribution < 1.29 is 9.18 Å². The maximum Gasteiger partial charge on any atom is 0.241 e. The third-order valence-electron chi connectivity index (χ3n) is 2.83. The summed E-state index contributed by atoms with van der Waals surface area (Å²) in [6.45, 7) is 2.40. The second kappa shape index (κ2) is 4.71. The minimum Gasteiger partial charge on any atom is -0.383 e. The van der Waals surface area contributed by atoms with Gasteiger partial charge in [0.1, 0.15) is 5.82 Å². The number of anilines is 2. The van der Waals surface area contributed by atoms with E-state index in [2.05, 4.69) is 10.6 Å². The van der Waals surface area contributed by atoms with E-state index >= 15 is 0 Å². The minimum atomic E-state index is -0.584. The smallest absolute Gasteiger partial charge is 0.241 e. The van der Waals surface area contributed by atoms with Crippen LogP contribution in [0.2, 0.25) is 0 Å². The monoisotopic (exact) mass is 237 g/mol. The molecule has 92 valence electrons.